The van der Waals surface area contributed by atoms with E-state index in [0.717, 1.165) is 10.8 Å². The maximum absolute atomic E-state index is 13.7. The van der Waals surface area contributed by atoms with E-state index in [1.165, 1.54) is 4.90 Å². The van der Waals surface area contributed by atoms with Crippen molar-refractivity contribution in [2.45, 2.75) is 0 Å². The molecule has 0 radical (unpaired) electrons. The largest absolute Gasteiger partial charge is 0.497 e. The van der Waals surface area contributed by atoms with Crippen LogP contribution in [0.2, 0.25) is 5.02 Å². The minimum absolute atomic E-state index is 0.209. The smallest absolute Gasteiger partial charge is 0.282 e. The zero-order chi connectivity index (χ0) is 22.9. The number of fused-ring (bicyclic) bond motifs is 1. The molecular weight excluding hydrogens is 436 g/mol. The fourth-order valence-corrected chi connectivity index (χ4v) is 4.10. The Morgan fingerprint density at radius 1 is 0.788 bits per heavy atom. The third-order valence-corrected chi connectivity index (χ3v) is 5.84. The van der Waals surface area contributed by atoms with Gasteiger partial charge in [0.2, 0.25) is 0 Å². The van der Waals surface area contributed by atoms with Crippen LogP contribution in [0.4, 0.5) is 11.4 Å². The minimum atomic E-state index is -0.419. The summed E-state index contributed by atoms with van der Waals surface area (Å²) in [6.45, 7) is 0. The number of methoxy groups -OCH3 is 1. The highest BCUT2D eigenvalue weighted by Gasteiger charge is 2.40. The van der Waals surface area contributed by atoms with Crippen molar-refractivity contribution in [3.8, 4) is 5.75 Å². The molecule has 1 aliphatic rings. The molecule has 0 spiro atoms. The highest BCUT2D eigenvalue weighted by atomic mass is 35.5. The molecule has 0 fully saturated rings. The van der Waals surface area contributed by atoms with Gasteiger partial charge in [-0.05, 0) is 53.4 Å². The molecule has 0 aliphatic carbocycles. The van der Waals surface area contributed by atoms with E-state index in [4.69, 9.17) is 16.3 Å². The SMILES string of the molecule is COc1ccc(NC2=C(c3ccc(Cl)cc3)C(=O)N(c3cccc4ccccc34)C2=O)cc1. The fraction of sp³-hybridized carbons (Fsp3) is 0.0370. The molecule has 162 valence electrons. The number of halogens is 1. The van der Waals surface area contributed by atoms with Crippen molar-refractivity contribution in [2.24, 2.45) is 0 Å². The molecule has 0 unspecified atom stereocenters. The van der Waals surface area contributed by atoms with Gasteiger partial charge in [0.1, 0.15) is 11.4 Å². The van der Waals surface area contributed by atoms with Crippen LogP contribution in [-0.2, 0) is 9.59 Å². The first-order chi connectivity index (χ1) is 16.1. The molecule has 4 aromatic rings. The van der Waals surface area contributed by atoms with E-state index in [1.807, 2.05) is 36.4 Å². The standard InChI is InChI=1S/C27H19ClN2O3/c1-33-21-15-13-20(14-16-21)29-25-24(18-9-11-19(28)12-10-18)26(31)30(27(25)32)23-8-4-6-17-5-2-3-7-22(17)23/h2-16,29H,1H3. The summed E-state index contributed by atoms with van der Waals surface area (Å²) >= 11 is 6.06. The summed E-state index contributed by atoms with van der Waals surface area (Å²) in [5, 5.41) is 5.48. The number of anilines is 2. The third-order valence-electron chi connectivity index (χ3n) is 5.58. The highest BCUT2D eigenvalue weighted by Crippen LogP contribution is 2.37. The number of carbonyl (C=O) groups excluding carboxylic acids is 2. The van der Waals surface area contributed by atoms with Crippen molar-refractivity contribution >= 4 is 51.1 Å². The van der Waals surface area contributed by atoms with Crippen molar-refractivity contribution < 1.29 is 14.3 Å². The molecule has 4 aromatic carbocycles. The number of nitrogens with zero attached hydrogens (tertiary/aromatic N) is 1. The second-order valence-electron chi connectivity index (χ2n) is 7.55. The van der Waals surface area contributed by atoms with Crippen LogP contribution in [0, 0.1) is 0 Å². The third kappa shape index (κ3) is 3.73. The maximum atomic E-state index is 13.7. The number of rotatable bonds is 5. The molecule has 1 heterocycles. The molecular formula is C27H19ClN2O3. The van der Waals surface area contributed by atoms with Crippen molar-refractivity contribution in [3.63, 3.8) is 0 Å². The van der Waals surface area contributed by atoms with E-state index in [9.17, 15) is 9.59 Å². The van der Waals surface area contributed by atoms with E-state index >= 15 is 0 Å². The van der Waals surface area contributed by atoms with Gasteiger partial charge >= 0.3 is 0 Å². The zero-order valence-corrected chi connectivity index (χ0v) is 18.5. The van der Waals surface area contributed by atoms with Crippen molar-refractivity contribution in [1.29, 1.82) is 0 Å². The molecule has 0 saturated carbocycles. The molecule has 6 heteroatoms. The van der Waals surface area contributed by atoms with Gasteiger partial charge in [-0.2, -0.15) is 0 Å². The minimum Gasteiger partial charge on any atom is -0.497 e. The van der Waals surface area contributed by atoms with Crippen molar-refractivity contribution in [3.05, 3.63) is 107 Å². The number of benzene rings is 4. The molecule has 0 bridgehead atoms. The number of hydrogen-bond acceptors (Lipinski definition) is 4. The van der Waals surface area contributed by atoms with Crippen LogP contribution < -0.4 is 15.0 Å². The Balaban J connectivity index is 1.63. The lowest BCUT2D eigenvalue weighted by Gasteiger charge is -2.18. The lowest BCUT2D eigenvalue weighted by Crippen LogP contribution is -2.32. The van der Waals surface area contributed by atoms with E-state index in [-0.39, 0.29) is 5.70 Å². The van der Waals surface area contributed by atoms with Crippen LogP contribution in [-0.4, -0.2) is 18.9 Å². The Morgan fingerprint density at radius 2 is 1.48 bits per heavy atom. The Hall–Kier alpha value is -4.09. The number of ether oxygens (including phenoxy) is 1. The summed E-state index contributed by atoms with van der Waals surface area (Å²) in [5.74, 6) is -0.120. The first-order valence-electron chi connectivity index (χ1n) is 10.3. The molecule has 5 nitrogen and oxygen atoms in total. The first-order valence-corrected chi connectivity index (χ1v) is 10.7. The van der Waals surface area contributed by atoms with Gasteiger partial charge in [0, 0.05) is 16.1 Å². The second kappa shape index (κ2) is 8.45. The molecule has 0 saturated heterocycles. The van der Waals surface area contributed by atoms with Gasteiger partial charge in [-0.1, -0.05) is 60.1 Å². The predicted octanol–water partition coefficient (Wildman–Crippen LogP) is 5.90. The fourth-order valence-electron chi connectivity index (χ4n) is 3.97. The number of carbonyl (C=O) groups is 2. The Bertz CT molecular complexity index is 1400. The van der Waals surface area contributed by atoms with Crippen LogP contribution in [0.25, 0.3) is 16.3 Å². The van der Waals surface area contributed by atoms with E-state index in [1.54, 1.807) is 61.7 Å². The van der Waals surface area contributed by atoms with Gasteiger partial charge in [0.15, 0.2) is 0 Å². The first kappa shape index (κ1) is 20.8. The highest BCUT2D eigenvalue weighted by molar-refractivity contribution is 6.47. The van der Waals surface area contributed by atoms with Gasteiger partial charge in [-0.15, -0.1) is 0 Å². The van der Waals surface area contributed by atoms with Crippen LogP contribution in [0.15, 0.2) is 96.7 Å². The maximum Gasteiger partial charge on any atom is 0.282 e. The van der Waals surface area contributed by atoms with Gasteiger partial charge < -0.3 is 10.1 Å². The Labute approximate surface area is 195 Å². The van der Waals surface area contributed by atoms with Crippen LogP contribution in [0.3, 0.4) is 0 Å². The summed E-state index contributed by atoms with van der Waals surface area (Å²) in [4.78, 5) is 28.6. The molecule has 33 heavy (non-hydrogen) atoms. The van der Waals surface area contributed by atoms with Crippen LogP contribution in [0.1, 0.15) is 5.56 Å². The molecule has 0 atom stereocenters. The van der Waals surface area contributed by atoms with Crippen LogP contribution in [0.5, 0.6) is 5.75 Å². The normalized spacial score (nSPS) is 13.7. The summed E-state index contributed by atoms with van der Waals surface area (Å²) in [6, 6.07) is 27.3. The van der Waals surface area contributed by atoms with Crippen molar-refractivity contribution in [1.82, 2.24) is 0 Å². The number of amides is 2. The predicted molar refractivity (Wildman–Crippen MR) is 131 cm³/mol. The van der Waals surface area contributed by atoms with E-state index in [0.29, 0.717) is 33.3 Å². The summed E-state index contributed by atoms with van der Waals surface area (Å²) < 4.78 is 5.21. The lowest BCUT2D eigenvalue weighted by atomic mass is 10.0. The Kier molecular flexibility index (Phi) is 5.32. The second-order valence-corrected chi connectivity index (χ2v) is 7.99. The lowest BCUT2D eigenvalue weighted by molar-refractivity contribution is -0.120. The summed E-state index contributed by atoms with van der Waals surface area (Å²) in [7, 11) is 1.59. The quantitative estimate of drug-likeness (QED) is 0.381. The topological polar surface area (TPSA) is 58.6 Å². The average Bonchev–Trinajstić information content (AvgIpc) is 3.09. The molecule has 2 amide bonds. The number of imide groups is 1. The molecule has 1 aliphatic heterocycles. The van der Waals surface area contributed by atoms with E-state index < -0.39 is 11.8 Å². The molecule has 1 N–H and O–H groups in total. The van der Waals surface area contributed by atoms with E-state index in [2.05, 4.69) is 5.32 Å². The van der Waals surface area contributed by atoms with Gasteiger partial charge in [0.05, 0.1) is 18.4 Å². The van der Waals surface area contributed by atoms with Gasteiger partial charge in [-0.25, -0.2) is 4.90 Å². The average molecular weight is 455 g/mol. The van der Waals surface area contributed by atoms with Gasteiger partial charge in [-0.3, -0.25) is 9.59 Å². The monoisotopic (exact) mass is 454 g/mol. The van der Waals surface area contributed by atoms with Crippen LogP contribution >= 0.6 is 11.6 Å². The summed E-state index contributed by atoms with van der Waals surface area (Å²) in [5.41, 5.74) is 2.32. The Morgan fingerprint density at radius 3 is 2.21 bits per heavy atom. The molecule has 5 rings (SSSR count). The molecule has 0 aromatic heterocycles. The zero-order valence-electron chi connectivity index (χ0n) is 17.7. The number of hydrogen-bond donors (Lipinski definition) is 1. The number of nitrogens with one attached hydrogen (secondary N) is 1. The van der Waals surface area contributed by atoms with Crippen molar-refractivity contribution in [2.75, 3.05) is 17.3 Å². The van der Waals surface area contributed by atoms with Gasteiger partial charge in [0.25, 0.3) is 11.8 Å². The summed E-state index contributed by atoms with van der Waals surface area (Å²) in [6.07, 6.45) is 0.